The Morgan fingerprint density at radius 2 is 1.82 bits per heavy atom. The smallest absolute Gasteiger partial charge is 0.410 e. The minimum Gasteiger partial charge on any atom is -0.444 e. The minimum atomic E-state index is -0.454. The summed E-state index contributed by atoms with van der Waals surface area (Å²) < 4.78 is 5.38. The van der Waals surface area contributed by atoms with Crippen molar-refractivity contribution in [1.82, 2.24) is 15.1 Å². The lowest BCUT2D eigenvalue weighted by Crippen LogP contribution is -2.39. The molecule has 0 aliphatic carbocycles. The molecule has 2 amide bonds. The fourth-order valence-electron chi connectivity index (χ4n) is 2.93. The Morgan fingerprint density at radius 3 is 2.45 bits per heavy atom. The van der Waals surface area contributed by atoms with E-state index in [0.717, 1.165) is 32.4 Å². The summed E-state index contributed by atoms with van der Waals surface area (Å²) in [6.07, 6.45) is 3.48. The van der Waals surface area contributed by atoms with Crippen LogP contribution in [0.1, 0.15) is 46.5 Å². The van der Waals surface area contributed by atoms with Gasteiger partial charge in [0.2, 0.25) is 5.91 Å². The van der Waals surface area contributed by atoms with Crippen LogP contribution in [-0.4, -0.2) is 66.2 Å². The molecule has 2 heterocycles. The van der Waals surface area contributed by atoms with E-state index in [1.807, 2.05) is 25.7 Å². The number of likely N-dealkylation sites (tertiary alicyclic amines) is 2. The number of ether oxygens (including phenoxy) is 1. The minimum absolute atomic E-state index is 0.243. The van der Waals surface area contributed by atoms with Crippen LogP contribution in [0.3, 0.4) is 0 Å². The first-order chi connectivity index (χ1) is 10.3. The molecule has 2 saturated heterocycles. The highest BCUT2D eigenvalue weighted by Gasteiger charge is 2.29. The SMILES string of the molecule is CC(C)(C)OC(=O)N1CCC(NCCC(=O)N2CCCC2)C1. The van der Waals surface area contributed by atoms with E-state index in [1.165, 1.54) is 0 Å². The molecule has 0 spiro atoms. The number of carbonyl (C=O) groups is 2. The average molecular weight is 311 g/mol. The van der Waals surface area contributed by atoms with E-state index in [9.17, 15) is 9.59 Å². The van der Waals surface area contributed by atoms with E-state index in [4.69, 9.17) is 4.74 Å². The van der Waals surface area contributed by atoms with Crippen molar-refractivity contribution in [3.05, 3.63) is 0 Å². The maximum Gasteiger partial charge on any atom is 0.410 e. The van der Waals surface area contributed by atoms with Gasteiger partial charge in [0, 0.05) is 45.2 Å². The average Bonchev–Trinajstić information content (AvgIpc) is 3.08. The summed E-state index contributed by atoms with van der Waals surface area (Å²) in [6, 6.07) is 0.263. The summed E-state index contributed by atoms with van der Waals surface area (Å²) in [5.41, 5.74) is -0.454. The largest absolute Gasteiger partial charge is 0.444 e. The Balaban J connectivity index is 1.64. The third-order valence-corrected chi connectivity index (χ3v) is 4.07. The quantitative estimate of drug-likeness (QED) is 0.856. The van der Waals surface area contributed by atoms with Crippen LogP contribution in [0.2, 0.25) is 0 Å². The molecule has 0 saturated carbocycles. The van der Waals surface area contributed by atoms with Gasteiger partial charge < -0.3 is 19.9 Å². The molecule has 0 aromatic heterocycles. The Kier molecular flexibility index (Phi) is 5.67. The van der Waals surface area contributed by atoms with Crippen molar-refractivity contribution in [1.29, 1.82) is 0 Å². The topological polar surface area (TPSA) is 61.9 Å². The molecule has 1 unspecified atom stereocenters. The summed E-state index contributed by atoms with van der Waals surface area (Å²) in [4.78, 5) is 27.6. The standard InChI is InChI=1S/C16H29N3O3/c1-16(2,3)22-15(21)19-11-7-13(12-19)17-8-6-14(20)18-9-4-5-10-18/h13,17H,4-12H2,1-3H3. The summed E-state index contributed by atoms with van der Waals surface area (Å²) in [5.74, 6) is 0.243. The fourth-order valence-corrected chi connectivity index (χ4v) is 2.93. The number of hydrogen-bond acceptors (Lipinski definition) is 4. The first-order valence-electron chi connectivity index (χ1n) is 8.34. The summed E-state index contributed by atoms with van der Waals surface area (Å²) in [5, 5.41) is 3.39. The first-order valence-corrected chi connectivity index (χ1v) is 8.34. The molecule has 0 bridgehead atoms. The zero-order valence-corrected chi connectivity index (χ0v) is 14.1. The number of nitrogens with zero attached hydrogens (tertiary/aromatic N) is 2. The molecule has 2 aliphatic heterocycles. The molecular formula is C16H29N3O3. The molecule has 22 heavy (non-hydrogen) atoms. The molecule has 1 N–H and O–H groups in total. The molecule has 6 nitrogen and oxygen atoms in total. The zero-order chi connectivity index (χ0) is 16.2. The highest BCUT2D eigenvalue weighted by molar-refractivity contribution is 5.76. The Labute approximate surface area is 133 Å². The highest BCUT2D eigenvalue weighted by Crippen LogP contribution is 2.15. The lowest BCUT2D eigenvalue weighted by Gasteiger charge is -2.24. The number of amides is 2. The lowest BCUT2D eigenvalue weighted by molar-refractivity contribution is -0.130. The van der Waals surface area contributed by atoms with Crippen LogP contribution in [0.15, 0.2) is 0 Å². The van der Waals surface area contributed by atoms with Crippen molar-refractivity contribution < 1.29 is 14.3 Å². The molecule has 2 aliphatic rings. The molecule has 0 aromatic rings. The Morgan fingerprint density at radius 1 is 1.14 bits per heavy atom. The number of carbonyl (C=O) groups excluding carboxylic acids is 2. The van der Waals surface area contributed by atoms with E-state index < -0.39 is 5.60 Å². The van der Waals surface area contributed by atoms with E-state index >= 15 is 0 Å². The van der Waals surface area contributed by atoms with Gasteiger partial charge in [-0.25, -0.2) is 4.79 Å². The van der Waals surface area contributed by atoms with Crippen LogP contribution in [0.5, 0.6) is 0 Å². The van der Waals surface area contributed by atoms with Gasteiger partial charge in [0.1, 0.15) is 5.60 Å². The second-order valence-corrected chi connectivity index (χ2v) is 7.20. The molecule has 0 aromatic carbocycles. The number of rotatable bonds is 4. The number of nitrogens with one attached hydrogen (secondary N) is 1. The van der Waals surface area contributed by atoms with Crippen LogP contribution in [0.25, 0.3) is 0 Å². The van der Waals surface area contributed by atoms with Crippen LogP contribution in [0, 0.1) is 0 Å². The Hall–Kier alpha value is -1.30. The van der Waals surface area contributed by atoms with Gasteiger partial charge in [0.25, 0.3) is 0 Å². The molecule has 126 valence electrons. The van der Waals surface area contributed by atoms with Gasteiger partial charge in [-0.05, 0) is 40.0 Å². The van der Waals surface area contributed by atoms with Crippen molar-refractivity contribution in [3.8, 4) is 0 Å². The van der Waals surface area contributed by atoms with Crippen molar-refractivity contribution in [2.45, 2.75) is 58.1 Å². The second kappa shape index (κ2) is 7.31. The van der Waals surface area contributed by atoms with Crippen LogP contribution in [-0.2, 0) is 9.53 Å². The summed E-state index contributed by atoms with van der Waals surface area (Å²) >= 11 is 0. The van der Waals surface area contributed by atoms with Gasteiger partial charge in [-0.15, -0.1) is 0 Å². The van der Waals surface area contributed by atoms with E-state index in [1.54, 1.807) is 4.90 Å². The van der Waals surface area contributed by atoms with Crippen molar-refractivity contribution in [2.24, 2.45) is 0 Å². The van der Waals surface area contributed by atoms with Crippen LogP contribution < -0.4 is 5.32 Å². The normalized spacial score (nSPS) is 22.2. The van der Waals surface area contributed by atoms with Crippen molar-refractivity contribution in [2.75, 3.05) is 32.7 Å². The van der Waals surface area contributed by atoms with Gasteiger partial charge in [-0.2, -0.15) is 0 Å². The molecule has 1 atom stereocenters. The monoisotopic (exact) mass is 311 g/mol. The summed E-state index contributed by atoms with van der Waals surface area (Å²) in [6.45, 7) is 9.51. The Bertz CT molecular complexity index is 400. The van der Waals surface area contributed by atoms with Crippen molar-refractivity contribution in [3.63, 3.8) is 0 Å². The van der Waals surface area contributed by atoms with Gasteiger partial charge >= 0.3 is 6.09 Å². The van der Waals surface area contributed by atoms with E-state index in [0.29, 0.717) is 26.1 Å². The number of hydrogen-bond donors (Lipinski definition) is 1. The fraction of sp³-hybridized carbons (Fsp3) is 0.875. The van der Waals surface area contributed by atoms with E-state index in [2.05, 4.69) is 5.32 Å². The predicted molar refractivity (Wildman–Crippen MR) is 84.6 cm³/mol. The molecule has 0 radical (unpaired) electrons. The molecule has 2 fully saturated rings. The van der Waals surface area contributed by atoms with Gasteiger partial charge in [-0.1, -0.05) is 0 Å². The maximum absolute atomic E-state index is 12.0. The van der Waals surface area contributed by atoms with Crippen molar-refractivity contribution >= 4 is 12.0 Å². The molecule has 2 rings (SSSR count). The third-order valence-electron chi connectivity index (χ3n) is 4.07. The third kappa shape index (κ3) is 5.16. The molecular weight excluding hydrogens is 282 g/mol. The second-order valence-electron chi connectivity index (χ2n) is 7.20. The molecule has 6 heteroatoms. The predicted octanol–water partition coefficient (Wildman–Crippen LogP) is 1.60. The highest BCUT2D eigenvalue weighted by atomic mass is 16.6. The summed E-state index contributed by atoms with van der Waals surface area (Å²) in [7, 11) is 0. The van der Waals surface area contributed by atoms with Gasteiger partial charge in [0.05, 0.1) is 0 Å². The zero-order valence-electron chi connectivity index (χ0n) is 14.1. The first kappa shape index (κ1) is 17.1. The maximum atomic E-state index is 12.0. The van der Waals surface area contributed by atoms with Crippen LogP contribution in [0.4, 0.5) is 4.79 Å². The van der Waals surface area contributed by atoms with Gasteiger partial charge in [0.15, 0.2) is 0 Å². The lowest BCUT2D eigenvalue weighted by atomic mass is 10.2. The van der Waals surface area contributed by atoms with E-state index in [-0.39, 0.29) is 18.0 Å². The van der Waals surface area contributed by atoms with Crippen LogP contribution >= 0.6 is 0 Å². The van der Waals surface area contributed by atoms with Gasteiger partial charge in [-0.3, -0.25) is 4.79 Å².